The molecule has 0 bridgehead atoms. The van der Waals surface area contributed by atoms with E-state index >= 15 is 0 Å². The Morgan fingerprint density at radius 3 is 2.58 bits per heavy atom. The van der Waals surface area contributed by atoms with Crippen molar-refractivity contribution in [2.45, 2.75) is 45.6 Å². The predicted molar refractivity (Wildman–Crippen MR) is 98.3 cm³/mol. The van der Waals surface area contributed by atoms with Gasteiger partial charge in [0.1, 0.15) is 0 Å². The maximum atomic E-state index is 12.2. The quantitative estimate of drug-likeness (QED) is 0.853. The third-order valence-electron chi connectivity index (χ3n) is 4.71. The number of aromatic nitrogens is 1. The number of hydrogen-bond acceptors (Lipinski definition) is 5. The minimum atomic E-state index is 0.126. The molecular formula is C18H30N4OS. The smallest absolute Gasteiger partial charge is 0.236 e. The van der Waals surface area contributed by atoms with Crippen LogP contribution in [0.15, 0.2) is 5.38 Å². The van der Waals surface area contributed by atoms with Crippen molar-refractivity contribution in [2.24, 2.45) is 5.92 Å². The summed E-state index contributed by atoms with van der Waals surface area (Å²) in [6.07, 6.45) is 2.65. The summed E-state index contributed by atoms with van der Waals surface area (Å²) in [5.74, 6) is 1.07. The average molecular weight is 351 g/mol. The third kappa shape index (κ3) is 5.01. The Morgan fingerprint density at radius 1 is 1.29 bits per heavy atom. The van der Waals surface area contributed by atoms with Gasteiger partial charge in [-0.2, -0.15) is 0 Å². The fourth-order valence-corrected chi connectivity index (χ4v) is 3.82. The van der Waals surface area contributed by atoms with Crippen LogP contribution in [-0.4, -0.2) is 60.0 Å². The molecule has 0 radical (unpaired) electrons. The summed E-state index contributed by atoms with van der Waals surface area (Å²) >= 11 is 1.76. The Hall–Kier alpha value is -0.980. The third-order valence-corrected chi connectivity index (χ3v) is 6.03. The molecule has 2 aliphatic rings. The van der Waals surface area contributed by atoms with Crippen LogP contribution < -0.4 is 5.32 Å². The first-order chi connectivity index (χ1) is 11.4. The summed E-state index contributed by atoms with van der Waals surface area (Å²) in [5.41, 5.74) is 1.29. The van der Waals surface area contributed by atoms with Crippen LogP contribution >= 0.6 is 11.3 Å². The van der Waals surface area contributed by atoms with Crippen LogP contribution in [0.2, 0.25) is 0 Å². The lowest BCUT2D eigenvalue weighted by atomic mass is 9.98. The lowest BCUT2D eigenvalue weighted by Gasteiger charge is -2.34. The standard InChI is InChI=1S/C18H30N4OS/c1-18(2,3)17-20-15(13-24-17)12-21-6-8-22(9-7-21)16(23)11-19-10-14-4-5-14/h13-14,19H,4-12H2,1-3H3. The van der Waals surface area contributed by atoms with Crippen molar-refractivity contribution in [3.63, 3.8) is 0 Å². The van der Waals surface area contributed by atoms with E-state index in [9.17, 15) is 4.79 Å². The van der Waals surface area contributed by atoms with Crippen LogP contribution in [0, 0.1) is 5.92 Å². The fraction of sp³-hybridized carbons (Fsp3) is 0.778. The van der Waals surface area contributed by atoms with Gasteiger partial charge in [-0.25, -0.2) is 4.98 Å². The molecule has 1 saturated heterocycles. The molecule has 2 fully saturated rings. The topological polar surface area (TPSA) is 48.5 Å². The zero-order valence-corrected chi connectivity index (χ0v) is 16.0. The van der Waals surface area contributed by atoms with Crippen LogP contribution in [0.4, 0.5) is 0 Å². The van der Waals surface area contributed by atoms with Gasteiger partial charge in [0.25, 0.3) is 0 Å². The van der Waals surface area contributed by atoms with Crippen molar-refractivity contribution >= 4 is 17.2 Å². The number of carbonyl (C=O) groups is 1. The molecule has 0 aromatic carbocycles. The first-order valence-corrected chi connectivity index (χ1v) is 9.95. The second-order valence-corrected chi connectivity index (χ2v) is 8.98. The molecule has 2 heterocycles. The summed E-state index contributed by atoms with van der Waals surface area (Å²) in [6, 6.07) is 0. The van der Waals surface area contributed by atoms with Gasteiger partial charge in [0.2, 0.25) is 5.91 Å². The molecule has 1 aromatic heterocycles. The van der Waals surface area contributed by atoms with Crippen LogP contribution in [-0.2, 0) is 16.8 Å². The van der Waals surface area contributed by atoms with Gasteiger partial charge >= 0.3 is 0 Å². The summed E-state index contributed by atoms with van der Waals surface area (Å²) in [5, 5.41) is 6.68. The van der Waals surface area contributed by atoms with Gasteiger partial charge in [-0.3, -0.25) is 9.69 Å². The zero-order chi connectivity index (χ0) is 17.2. The highest BCUT2D eigenvalue weighted by Gasteiger charge is 2.24. The lowest BCUT2D eigenvalue weighted by molar-refractivity contribution is -0.132. The van der Waals surface area contributed by atoms with Crippen molar-refractivity contribution in [3.05, 3.63) is 16.1 Å². The average Bonchev–Trinajstić information content (AvgIpc) is 3.23. The Morgan fingerprint density at radius 2 is 2.00 bits per heavy atom. The van der Waals surface area contributed by atoms with Gasteiger partial charge in [0, 0.05) is 43.5 Å². The summed E-state index contributed by atoms with van der Waals surface area (Å²) in [4.78, 5) is 21.4. The Labute approximate surface area is 149 Å². The normalized spacial score (nSPS) is 19.7. The van der Waals surface area contributed by atoms with Crippen LogP contribution in [0.3, 0.4) is 0 Å². The van der Waals surface area contributed by atoms with Gasteiger partial charge in [0.05, 0.1) is 17.2 Å². The second kappa shape index (κ2) is 7.50. The van der Waals surface area contributed by atoms with Crippen molar-refractivity contribution in [3.8, 4) is 0 Å². The van der Waals surface area contributed by atoms with E-state index in [2.05, 4.69) is 36.4 Å². The van der Waals surface area contributed by atoms with E-state index in [0.29, 0.717) is 6.54 Å². The van der Waals surface area contributed by atoms with Crippen molar-refractivity contribution in [1.82, 2.24) is 20.1 Å². The molecule has 0 spiro atoms. The highest BCUT2D eigenvalue weighted by Crippen LogP contribution is 2.27. The molecule has 134 valence electrons. The van der Waals surface area contributed by atoms with Crippen molar-refractivity contribution in [2.75, 3.05) is 39.3 Å². The monoisotopic (exact) mass is 350 g/mol. The first kappa shape index (κ1) is 17.8. The SMILES string of the molecule is CC(C)(C)c1nc(CN2CCN(C(=O)CNCC3CC3)CC2)cs1. The minimum Gasteiger partial charge on any atom is -0.339 e. The van der Waals surface area contributed by atoms with E-state index in [4.69, 9.17) is 4.98 Å². The van der Waals surface area contributed by atoms with E-state index in [1.807, 2.05) is 4.90 Å². The summed E-state index contributed by atoms with van der Waals surface area (Å²) in [7, 11) is 0. The lowest BCUT2D eigenvalue weighted by Crippen LogP contribution is -2.50. The summed E-state index contributed by atoms with van der Waals surface area (Å²) < 4.78 is 0. The van der Waals surface area contributed by atoms with E-state index in [0.717, 1.165) is 50.9 Å². The second-order valence-electron chi connectivity index (χ2n) is 8.13. The molecule has 1 aromatic rings. The molecule has 5 nitrogen and oxygen atoms in total. The molecule has 3 rings (SSSR count). The fourth-order valence-electron chi connectivity index (χ4n) is 2.93. The number of amides is 1. The highest BCUT2D eigenvalue weighted by molar-refractivity contribution is 7.09. The molecule has 1 saturated carbocycles. The van der Waals surface area contributed by atoms with Gasteiger partial charge in [-0.05, 0) is 25.3 Å². The molecule has 1 amide bonds. The molecule has 1 aliphatic heterocycles. The number of nitrogens with zero attached hydrogens (tertiary/aromatic N) is 3. The number of hydrogen-bond donors (Lipinski definition) is 1. The first-order valence-electron chi connectivity index (χ1n) is 9.07. The number of carbonyl (C=O) groups excluding carboxylic acids is 1. The molecule has 6 heteroatoms. The van der Waals surface area contributed by atoms with E-state index < -0.39 is 0 Å². The number of rotatable bonds is 6. The minimum absolute atomic E-state index is 0.126. The molecule has 24 heavy (non-hydrogen) atoms. The van der Waals surface area contributed by atoms with Crippen LogP contribution in [0.25, 0.3) is 0 Å². The van der Waals surface area contributed by atoms with Crippen LogP contribution in [0.1, 0.15) is 44.3 Å². The maximum Gasteiger partial charge on any atom is 0.236 e. The van der Waals surface area contributed by atoms with Crippen LogP contribution in [0.5, 0.6) is 0 Å². The largest absolute Gasteiger partial charge is 0.339 e. The van der Waals surface area contributed by atoms with Crippen molar-refractivity contribution < 1.29 is 4.79 Å². The molecular weight excluding hydrogens is 320 g/mol. The Kier molecular flexibility index (Phi) is 5.57. The van der Waals surface area contributed by atoms with E-state index in [1.54, 1.807) is 11.3 Å². The highest BCUT2D eigenvalue weighted by atomic mass is 32.1. The van der Waals surface area contributed by atoms with Gasteiger partial charge < -0.3 is 10.2 Å². The molecule has 1 aliphatic carbocycles. The van der Waals surface area contributed by atoms with Gasteiger partial charge in [0.15, 0.2) is 0 Å². The maximum absolute atomic E-state index is 12.2. The van der Waals surface area contributed by atoms with E-state index in [-0.39, 0.29) is 11.3 Å². The number of nitrogens with one attached hydrogen (secondary N) is 1. The molecule has 0 unspecified atom stereocenters. The zero-order valence-electron chi connectivity index (χ0n) is 15.2. The Balaban J connectivity index is 1.39. The number of piperazine rings is 1. The number of thiazole rings is 1. The summed E-state index contributed by atoms with van der Waals surface area (Å²) in [6.45, 7) is 12.6. The Bertz CT molecular complexity index is 554. The van der Waals surface area contributed by atoms with Crippen molar-refractivity contribution in [1.29, 1.82) is 0 Å². The van der Waals surface area contributed by atoms with Gasteiger partial charge in [-0.1, -0.05) is 20.8 Å². The molecule has 0 atom stereocenters. The van der Waals surface area contributed by atoms with E-state index in [1.165, 1.54) is 17.8 Å². The molecule has 1 N–H and O–H groups in total. The predicted octanol–water partition coefficient (Wildman–Crippen LogP) is 2.08. The van der Waals surface area contributed by atoms with Gasteiger partial charge in [-0.15, -0.1) is 11.3 Å².